The number of rotatable bonds is 12. The summed E-state index contributed by atoms with van der Waals surface area (Å²) < 4.78 is 0. The first-order valence-corrected chi connectivity index (χ1v) is 36.7. The fourth-order valence-electron chi connectivity index (χ4n) is 26.4. The molecule has 2 radical (unpaired) electrons. The number of aliphatic carboxylic acids is 4. The van der Waals surface area contributed by atoms with Gasteiger partial charge in [0.25, 0.3) is 47.3 Å². The van der Waals surface area contributed by atoms with Crippen molar-refractivity contribution >= 4 is 71.1 Å². The molecule has 8 amide bonds. The number of carboxylic acid groups (broad SMARTS) is 4. The van der Waals surface area contributed by atoms with Crippen LogP contribution in [-0.2, 0) is 58.1 Å². The summed E-state index contributed by atoms with van der Waals surface area (Å²) in [4.78, 5) is 157. The Hall–Kier alpha value is -7.43. The Morgan fingerprint density at radius 1 is 0.245 bits per heavy atom. The van der Waals surface area contributed by atoms with E-state index >= 15 is 0 Å². The van der Waals surface area contributed by atoms with Gasteiger partial charge in [-0.1, -0.05) is 48.5 Å². The summed E-state index contributed by atoms with van der Waals surface area (Å²) in [6.45, 7) is 0. The molecule has 4 aromatic rings. The fraction of sp³-hybridized carbons (Fsp3) is 0.550. The predicted octanol–water partition coefficient (Wildman–Crippen LogP) is 11.8. The number of carboxylic acids is 4. The van der Waals surface area contributed by atoms with Crippen LogP contribution in [-0.4, -0.2) is 135 Å². The van der Waals surface area contributed by atoms with Gasteiger partial charge in [-0.05, 0) is 274 Å². The molecule has 4 heterocycles. The number of imide groups is 4. The minimum Gasteiger partial charge on any atom is -0.480 e. The maximum absolute atomic E-state index is 12.9. The number of carbonyl (C=O) groups excluding carboxylic acids is 8. The van der Waals surface area contributed by atoms with E-state index < -0.39 is 117 Å². The molecule has 0 aromatic heterocycles. The molecule has 0 saturated heterocycles. The molecule has 4 aliphatic heterocycles. The van der Waals surface area contributed by atoms with Gasteiger partial charge in [0.1, 0.15) is 24.2 Å². The number of carbonyl (C=O) groups is 12. The Labute approximate surface area is 616 Å². The molecule has 4 N–H and O–H groups in total. The third-order valence-corrected chi connectivity index (χ3v) is 27.9. The van der Waals surface area contributed by atoms with Crippen LogP contribution in [0.5, 0.6) is 0 Å². The largest absolute Gasteiger partial charge is 0.480 e. The van der Waals surface area contributed by atoms with Crippen molar-refractivity contribution in [3.05, 3.63) is 142 Å². The van der Waals surface area contributed by atoms with Crippen molar-refractivity contribution in [3.63, 3.8) is 0 Å². The molecule has 16 fully saturated rings. The van der Waals surface area contributed by atoms with Crippen LogP contribution in [0.1, 0.15) is 237 Å². The molecule has 22 heteroatoms. The number of hydrogen-bond acceptors (Lipinski definition) is 12. The summed E-state index contributed by atoms with van der Waals surface area (Å²) in [6.07, 6.45) is 24.3. The molecule has 0 spiro atoms. The molecule has 538 valence electrons. The Kier molecular flexibility index (Phi) is 17.7. The molecule has 20 nitrogen and oxygen atoms in total. The summed E-state index contributed by atoms with van der Waals surface area (Å²) in [5.41, 5.74) is 0.946. The van der Waals surface area contributed by atoms with Crippen LogP contribution in [0.15, 0.2) is 97.1 Å². The first kappa shape index (κ1) is 70.2. The van der Waals surface area contributed by atoms with Crippen molar-refractivity contribution in [2.75, 3.05) is 0 Å². The molecule has 20 aliphatic rings. The summed E-state index contributed by atoms with van der Waals surface area (Å²) in [6, 6.07) is 22.5. The fourth-order valence-corrected chi connectivity index (χ4v) is 26.4. The summed E-state index contributed by atoms with van der Waals surface area (Å²) >= 11 is 0. The van der Waals surface area contributed by atoms with E-state index in [1.165, 1.54) is 77.0 Å². The van der Waals surface area contributed by atoms with Crippen LogP contribution in [0, 0.1) is 92.7 Å². The second kappa shape index (κ2) is 25.7. The van der Waals surface area contributed by atoms with Crippen molar-refractivity contribution < 1.29 is 117 Å². The van der Waals surface area contributed by atoms with E-state index in [2.05, 4.69) is 0 Å². The maximum atomic E-state index is 12.9. The van der Waals surface area contributed by atoms with E-state index in [1.54, 1.807) is 97.1 Å². The van der Waals surface area contributed by atoms with Crippen molar-refractivity contribution in [3.8, 4) is 0 Å². The molecule has 24 rings (SSSR count). The van der Waals surface area contributed by atoms with Crippen LogP contribution < -0.4 is 0 Å². The molecule has 16 saturated carbocycles. The van der Waals surface area contributed by atoms with E-state index in [1.807, 2.05) is 0 Å². The van der Waals surface area contributed by atoms with E-state index in [4.69, 9.17) is 0 Å². The van der Waals surface area contributed by atoms with E-state index in [0.717, 1.165) is 96.6 Å². The number of fused-ring (bicyclic) bond motifs is 4. The van der Waals surface area contributed by atoms with Crippen molar-refractivity contribution in [1.29, 1.82) is 0 Å². The normalized spacial score (nSPS) is 35.9. The Bertz CT molecular complexity index is 3460. The zero-order valence-corrected chi connectivity index (χ0v) is 59.9. The Morgan fingerprint density at radius 2 is 0.353 bits per heavy atom. The van der Waals surface area contributed by atoms with Gasteiger partial charge >= 0.3 is 23.9 Å². The molecule has 16 aliphatic carbocycles. The summed E-state index contributed by atoms with van der Waals surface area (Å²) in [5.74, 6) is -0.949. The first-order valence-electron chi connectivity index (χ1n) is 36.7. The smallest absolute Gasteiger partial charge is 0.327 e. The average molecular weight is 1560 g/mol. The van der Waals surface area contributed by atoms with E-state index in [-0.39, 0.29) is 39.0 Å². The number of nitrogens with zero attached hydrogens (tertiary/aromatic N) is 4. The quantitative estimate of drug-likeness (QED) is 0.0757. The van der Waals surface area contributed by atoms with Crippen LogP contribution in [0.25, 0.3) is 0 Å². The van der Waals surface area contributed by atoms with Crippen LogP contribution >= 0.6 is 0 Å². The van der Waals surface area contributed by atoms with Gasteiger partial charge in [-0.15, -0.1) is 0 Å². The van der Waals surface area contributed by atoms with E-state index in [9.17, 15) is 78.0 Å². The van der Waals surface area contributed by atoms with Gasteiger partial charge in [0.2, 0.25) is 0 Å². The zero-order valence-electron chi connectivity index (χ0n) is 56.6. The first-order chi connectivity index (χ1) is 47.9. The summed E-state index contributed by atoms with van der Waals surface area (Å²) in [5, 5.41) is 40.2. The van der Waals surface area contributed by atoms with Gasteiger partial charge in [-0.2, -0.15) is 0 Å². The van der Waals surface area contributed by atoms with Crippen LogP contribution in [0.2, 0.25) is 0 Å². The third kappa shape index (κ3) is 11.1. The minimum atomic E-state index is -1.03. The SMILES string of the molecule is O=C(O)C(N1C(=O)c2ccccc2C1=O)C12CC3CC(CC(C3)C1)C2.O=C(O)C(N1C(=O)c2ccccc2C1=O)C12CC3CC(CC(C3)C1)C2.O=C(O)C(N1C(=O)c2ccccc2C1=O)C12CC3CC(CC(C3)C1)C2.O=C(O)C(N1C(=O)c2ccccc2C1=O)C12CC3CC(CC(C3)C1)C2.[Rh].[Rh]. The van der Waals surface area contributed by atoms with E-state index in [0.29, 0.717) is 116 Å². The van der Waals surface area contributed by atoms with Gasteiger partial charge in [0.05, 0.1) is 44.5 Å². The second-order valence-electron chi connectivity index (χ2n) is 34.2. The number of benzene rings is 4. The van der Waals surface area contributed by atoms with Crippen LogP contribution in [0.3, 0.4) is 0 Å². The predicted molar refractivity (Wildman–Crippen MR) is 356 cm³/mol. The zero-order chi connectivity index (χ0) is 69.4. The number of amides is 8. The van der Waals surface area contributed by atoms with Crippen molar-refractivity contribution in [2.45, 2.75) is 178 Å². The summed E-state index contributed by atoms with van der Waals surface area (Å²) in [7, 11) is 0. The third-order valence-electron chi connectivity index (χ3n) is 27.9. The van der Waals surface area contributed by atoms with Crippen molar-refractivity contribution in [1.82, 2.24) is 19.6 Å². The molecular weight excluding hydrogens is 1480 g/mol. The Morgan fingerprint density at radius 3 is 0.451 bits per heavy atom. The second-order valence-corrected chi connectivity index (χ2v) is 34.2. The van der Waals surface area contributed by atoms with Gasteiger partial charge in [0.15, 0.2) is 0 Å². The van der Waals surface area contributed by atoms with Crippen molar-refractivity contribution in [2.24, 2.45) is 92.7 Å². The molecule has 4 atom stereocenters. The average Bonchev–Trinajstić information content (AvgIpc) is 1.33. The molecular formula is C80H84N4O16Rh2. The number of hydrogen-bond donors (Lipinski definition) is 4. The van der Waals surface area contributed by atoms with Gasteiger partial charge < -0.3 is 20.4 Å². The maximum Gasteiger partial charge on any atom is 0.327 e. The Balaban J connectivity index is 0.000000109. The van der Waals surface area contributed by atoms with Gasteiger partial charge in [0, 0.05) is 60.6 Å². The minimum absolute atomic E-state index is 0. The molecule has 4 aromatic carbocycles. The molecule has 4 unspecified atom stereocenters. The standard InChI is InChI=1S/4C20H21NO4.2Rh/c4*22-17-14-3-1-2-4-15(14)18(23)21(17)16(19(24)25)20-8-11-5-12(9-20)7-13(6-11)10-20;;/h4*1-4,11-13,16H,5-10H2,(H,24,25);;. The topological polar surface area (TPSA) is 299 Å². The molecule has 102 heavy (non-hydrogen) atoms. The van der Waals surface area contributed by atoms with Gasteiger partial charge in [-0.25, -0.2) is 19.2 Å². The van der Waals surface area contributed by atoms with Crippen LogP contribution in [0.4, 0.5) is 0 Å². The molecule has 16 bridgehead atoms. The monoisotopic (exact) mass is 1560 g/mol. The van der Waals surface area contributed by atoms with Gasteiger partial charge in [-0.3, -0.25) is 58.0 Å².